The third-order valence-electron chi connectivity index (χ3n) is 4.97. The number of hydrogen-bond acceptors (Lipinski definition) is 7. The molecule has 0 aromatic carbocycles. The Labute approximate surface area is 182 Å². The molecule has 0 saturated heterocycles. The van der Waals surface area contributed by atoms with Gasteiger partial charge in [0.2, 0.25) is 5.78 Å². The van der Waals surface area contributed by atoms with E-state index in [4.69, 9.17) is 15.7 Å². The Hall–Kier alpha value is -3.46. The van der Waals surface area contributed by atoms with E-state index in [1.807, 2.05) is 12.2 Å². The van der Waals surface area contributed by atoms with E-state index >= 15 is 0 Å². The number of carbonyl (C=O) groups excluding carboxylic acids is 2. The van der Waals surface area contributed by atoms with Crippen molar-refractivity contribution in [2.24, 2.45) is 12.0 Å². The van der Waals surface area contributed by atoms with Crippen LogP contribution >= 0.6 is 11.6 Å². The Balaban J connectivity index is 1.73. The van der Waals surface area contributed by atoms with Gasteiger partial charge >= 0.3 is 0 Å². The molecule has 2 aliphatic rings. The van der Waals surface area contributed by atoms with Crippen LogP contribution in [0.5, 0.6) is 0 Å². The highest BCUT2D eigenvalue weighted by Gasteiger charge is 2.36. The SMILES string of the molecule is [2H]C([2H])([2H])NC(=O)c1cnc(Cl)cc1NC1=C2C(=O)C(c3cc(C)n(C)n3)=CN=C2N(C)C1. The fraction of sp³-hybridized carbons (Fsp3) is 0.250. The number of amides is 1. The summed E-state index contributed by atoms with van der Waals surface area (Å²) in [5.74, 6) is -0.641. The van der Waals surface area contributed by atoms with Crippen LogP contribution in [0.3, 0.4) is 0 Å². The fourth-order valence-electron chi connectivity index (χ4n) is 3.36. The number of aromatic nitrogens is 3. The average Bonchev–Trinajstić information content (AvgIpc) is 3.20. The van der Waals surface area contributed by atoms with E-state index in [1.165, 1.54) is 18.5 Å². The smallest absolute Gasteiger partial charge is 0.254 e. The van der Waals surface area contributed by atoms with Gasteiger partial charge in [0.15, 0.2) is 0 Å². The number of rotatable bonds is 4. The fourth-order valence-corrected chi connectivity index (χ4v) is 3.52. The van der Waals surface area contributed by atoms with Crippen LogP contribution in [0.15, 0.2) is 40.8 Å². The molecule has 4 rings (SSSR count). The first-order valence-electron chi connectivity index (χ1n) is 10.5. The summed E-state index contributed by atoms with van der Waals surface area (Å²) < 4.78 is 23.5. The predicted molar refractivity (Wildman–Crippen MR) is 114 cm³/mol. The quantitative estimate of drug-likeness (QED) is 0.719. The first kappa shape index (κ1) is 16.3. The van der Waals surface area contributed by atoms with Crippen molar-refractivity contribution >= 4 is 40.4 Å². The third kappa shape index (κ3) is 3.26. The zero-order valence-electron chi connectivity index (χ0n) is 19.4. The standard InChI is InChI=1S/C20H20ClN7O2/c1-10-5-14(26-28(10)4)11-7-24-19-17(18(11)29)15(9-27(19)3)25-13-6-16(21)23-8-12(13)20(30)22-2/h5-8H,9H2,1-4H3,(H,22,30)(H,23,25)/i2D3. The van der Waals surface area contributed by atoms with Crippen LogP contribution in [0.1, 0.15) is 25.9 Å². The Morgan fingerprint density at radius 3 is 2.83 bits per heavy atom. The molecular formula is C20H20ClN7O2. The van der Waals surface area contributed by atoms with E-state index in [0.29, 0.717) is 34.9 Å². The number of fused-ring (bicyclic) bond motifs is 1. The van der Waals surface area contributed by atoms with Gasteiger partial charge in [-0.15, -0.1) is 0 Å². The molecule has 10 heteroatoms. The zero-order chi connectivity index (χ0) is 24.1. The van der Waals surface area contributed by atoms with Crippen LogP contribution < -0.4 is 10.6 Å². The summed E-state index contributed by atoms with van der Waals surface area (Å²) in [7, 11) is 3.57. The van der Waals surface area contributed by atoms with Crippen LogP contribution in [0.4, 0.5) is 5.69 Å². The molecule has 0 saturated carbocycles. The lowest BCUT2D eigenvalue weighted by molar-refractivity contribution is -0.110. The lowest BCUT2D eigenvalue weighted by atomic mass is 9.98. The van der Waals surface area contributed by atoms with E-state index in [-0.39, 0.29) is 22.2 Å². The van der Waals surface area contributed by atoms with Gasteiger partial charge in [-0.05, 0) is 19.1 Å². The van der Waals surface area contributed by atoms with E-state index < -0.39 is 12.9 Å². The van der Waals surface area contributed by atoms with Gasteiger partial charge in [0.1, 0.15) is 11.0 Å². The number of aliphatic imine (C=N–C) groups is 1. The number of ketones is 1. The van der Waals surface area contributed by atoms with Crippen LogP contribution in [0, 0.1) is 6.92 Å². The topological polar surface area (TPSA) is 105 Å². The van der Waals surface area contributed by atoms with E-state index in [9.17, 15) is 9.59 Å². The second kappa shape index (κ2) is 7.42. The van der Waals surface area contributed by atoms with Crippen LogP contribution in [0.2, 0.25) is 5.15 Å². The van der Waals surface area contributed by atoms with Crippen LogP contribution in [-0.2, 0) is 11.8 Å². The number of halogens is 1. The van der Waals surface area contributed by atoms with Gasteiger partial charge in [-0.25, -0.2) is 9.98 Å². The van der Waals surface area contributed by atoms with Gasteiger partial charge in [-0.3, -0.25) is 14.3 Å². The summed E-state index contributed by atoms with van der Waals surface area (Å²) in [4.78, 5) is 36.1. The Kier molecular flexibility index (Phi) is 4.04. The molecule has 0 fully saturated rings. The lowest BCUT2D eigenvalue weighted by Crippen LogP contribution is -2.27. The maximum absolute atomic E-state index is 13.4. The molecule has 0 radical (unpaired) electrons. The maximum atomic E-state index is 13.4. The van der Waals surface area contributed by atoms with Gasteiger partial charge in [0.05, 0.1) is 34.6 Å². The van der Waals surface area contributed by atoms with Crippen molar-refractivity contribution in [3.05, 3.63) is 57.9 Å². The molecular weight excluding hydrogens is 406 g/mol. The number of nitrogens with zero attached hydrogens (tertiary/aromatic N) is 5. The van der Waals surface area contributed by atoms with Crippen LogP contribution in [-0.4, -0.2) is 57.8 Å². The van der Waals surface area contributed by atoms with Crippen molar-refractivity contribution in [1.82, 2.24) is 25.0 Å². The van der Waals surface area contributed by atoms with Crippen molar-refractivity contribution in [1.29, 1.82) is 0 Å². The zero-order valence-corrected chi connectivity index (χ0v) is 17.2. The summed E-state index contributed by atoms with van der Waals surface area (Å²) in [5, 5.41) is 9.48. The molecule has 154 valence electrons. The van der Waals surface area contributed by atoms with Crippen molar-refractivity contribution in [2.75, 3.05) is 25.9 Å². The predicted octanol–water partition coefficient (Wildman–Crippen LogP) is 1.77. The number of aryl methyl sites for hydroxylation is 2. The number of amidine groups is 1. The maximum Gasteiger partial charge on any atom is 0.254 e. The number of hydrogen-bond donors (Lipinski definition) is 2. The third-order valence-corrected chi connectivity index (χ3v) is 5.18. The second-order valence-corrected chi connectivity index (χ2v) is 7.35. The highest BCUT2D eigenvalue weighted by molar-refractivity contribution is 6.41. The largest absolute Gasteiger partial charge is 0.356 e. The minimum Gasteiger partial charge on any atom is -0.356 e. The van der Waals surface area contributed by atoms with Gasteiger partial charge in [0.25, 0.3) is 5.91 Å². The molecule has 2 aliphatic heterocycles. The molecule has 2 N–H and O–H groups in total. The number of allylic oxidation sites excluding steroid dienone is 1. The van der Waals surface area contributed by atoms with Crippen molar-refractivity contribution < 1.29 is 13.7 Å². The molecule has 0 atom stereocenters. The highest BCUT2D eigenvalue weighted by atomic mass is 35.5. The summed E-state index contributed by atoms with van der Waals surface area (Å²) in [6.45, 7) is -0.487. The minimum absolute atomic E-state index is 0.0314. The molecule has 2 aromatic rings. The number of carbonyl (C=O) groups is 2. The normalized spacial score (nSPS) is 17.7. The molecule has 0 unspecified atom stereocenters. The lowest BCUT2D eigenvalue weighted by Gasteiger charge is -2.16. The van der Waals surface area contributed by atoms with Gasteiger partial charge < -0.3 is 15.5 Å². The number of anilines is 1. The van der Waals surface area contributed by atoms with Crippen molar-refractivity contribution in [3.8, 4) is 0 Å². The van der Waals surface area contributed by atoms with Gasteiger partial charge in [0, 0.05) is 49.0 Å². The summed E-state index contributed by atoms with van der Waals surface area (Å²) in [6.07, 6.45) is 2.68. The van der Waals surface area contributed by atoms with E-state index in [2.05, 4.69) is 20.4 Å². The number of pyridine rings is 1. The van der Waals surface area contributed by atoms with Crippen LogP contribution in [0.25, 0.3) is 5.57 Å². The Morgan fingerprint density at radius 2 is 2.13 bits per heavy atom. The Bertz CT molecular complexity index is 1260. The number of nitrogens with one attached hydrogen (secondary N) is 2. The van der Waals surface area contributed by atoms with Crippen molar-refractivity contribution in [3.63, 3.8) is 0 Å². The van der Waals surface area contributed by atoms with E-state index in [0.717, 1.165) is 5.69 Å². The first-order valence-corrected chi connectivity index (χ1v) is 9.36. The van der Waals surface area contributed by atoms with Gasteiger partial charge in [-0.2, -0.15) is 5.10 Å². The van der Waals surface area contributed by atoms with Gasteiger partial charge in [-0.1, -0.05) is 11.6 Å². The highest BCUT2D eigenvalue weighted by Crippen LogP contribution is 2.32. The minimum atomic E-state index is -2.68. The number of Topliss-reactive ketones (excluding diaryl/α,β-unsaturated/α-hetero) is 1. The molecule has 0 aliphatic carbocycles. The summed E-state index contributed by atoms with van der Waals surface area (Å²) >= 11 is 6.02. The monoisotopic (exact) mass is 428 g/mol. The second-order valence-electron chi connectivity index (χ2n) is 6.96. The van der Waals surface area contributed by atoms with Crippen molar-refractivity contribution in [2.45, 2.75) is 6.92 Å². The molecule has 1 amide bonds. The molecule has 9 nitrogen and oxygen atoms in total. The molecule has 0 spiro atoms. The Morgan fingerprint density at radius 1 is 1.33 bits per heavy atom. The average molecular weight is 429 g/mol. The summed E-state index contributed by atoms with van der Waals surface area (Å²) in [5.41, 5.74) is 2.76. The molecule has 4 heterocycles. The van der Waals surface area contributed by atoms with E-state index in [1.54, 1.807) is 29.7 Å². The number of likely N-dealkylation sites (N-methyl/N-ethyl adjacent to an activating group) is 1. The summed E-state index contributed by atoms with van der Waals surface area (Å²) in [6, 6.07) is 3.20. The molecule has 2 aromatic heterocycles. The molecule has 0 bridgehead atoms. The first-order chi connectivity index (χ1) is 15.4. The molecule has 30 heavy (non-hydrogen) atoms.